The molecule has 0 aliphatic carbocycles. The van der Waals surface area contributed by atoms with Crippen molar-refractivity contribution in [1.29, 1.82) is 0 Å². The number of fused-ring (bicyclic) bond motifs is 1. The van der Waals surface area contributed by atoms with Crippen LogP contribution in [0.15, 0.2) is 46.9 Å². The van der Waals surface area contributed by atoms with Crippen LogP contribution in [0.25, 0.3) is 22.6 Å². The van der Waals surface area contributed by atoms with Gasteiger partial charge in [-0.2, -0.15) is 0 Å². The fraction of sp³-hybridized carbons (Fsp3) is 0.188. The maximum Gasteiger partial charge on any atom is 0.227 e. The zero-order valence-electron chi connectivity index (χ0n) is 11.5. The Kier molecular flexibility index (Phi) is 3.29. The summed E-state index contributed by atoms with van der Waals surface area (Å²) in [6.45, 7) is 2.60. The Morgan fingerprint density at radius 1 is 1.15 bits per heavy atom. The number of oxazole rings is 1. The lowest BCUT2D eigenvalue weighted by Gasteiger charge is -2.00. The number of aromatic nitrogens is 1. The number of hydrogen-bond acceptors (Lipinski definition) is 4. The van der Waals surface area contributed by atoms with E-state index in [0.717, 1.165) is 28.1 Å². The maximum absolute atomic E-state index is 5.77. The minimum atomic E-state index is 0.622. The first-order chi connectivity index (χ1) is 9.80. The molecule has 1 N–H and O–H groups in total. The van der Waals surface area contributed by atoms with Crippen molar-refractivity contribution < 1.29 is 9.15 Å². The van der Waals surface area contributed by atoms with Gasteiger partial charge >= 0.3 is 0 Å². The quantitative estimate of drug-likeness (QED) is 0.778. The van der Waals surface area contributed by atoms with Gasteiger partial charge in [-0.3, -0.25) is 0 Å². The van der Waals surface area contributed by atoms with E-state index in [1.54, 1.807) is 0 Å². The molecule has 20 heavy (non-hydrogen) atoms. The number of nitrogens with zero attached hydrogens (tertiary/aromatic N) is 1. The first-order valence-electron chi connectivity index (χ1n) is 6.61. The monoisotopic (exact) mass is 268 g/mol. The summed E-state index contributed by atoms with van der Waals surface area (Å²) in [4.78, 5) is 4.51. The molecule has 2 aromatic carbocycles. The van der Waals surface area contributed by atoms with E-state index in [1.807, 2.05) is 56.4 Å². The lowest BCUT2D eigenvalue weighted by Crippen LogP contribution is -1.90. The summed E-state index contributed by atoms with van der Waals surface area (Å²) in [7, 11) is 1.89. The van der Waals surface area contributed by atoms with Gasteiger partial charge in [0.05, 0.1) is 6.61 Å². The number of nitrogens with one attached hydrogen (secondary N) is 1. The number of anilines is 1. The van der Waals surface area contributed by atoms with Crippen molar-refractivity contribution in [2.45, 2.75) is 6.92 Å². The molecule has 0 aliphatic rings. The highest BCUT2D eigenvalue weighted by atomic mass is 16.5. The van der Waals surface area contributed by atoms with Crippen LogP contribution in [-0.4, -0.2) is 18.6 Å². The van der Waals surface area contributed by atoms with Crippen molar-refractivity contribution in [3.05, 3.63) is 42.5 Å². The van der Waals surface area contributed by atoms with E-state index in [2.05, 4.69) is 10.3 Å². The number of ether oxygens (including phenoxy) is 1. The number of rotatable bonds is 4. The van der Waals surface area contributed by atoms with Gasteiger partial charge in [-0.05, 0) is 43.3 Å². The average Bonchev–Trinajstić information content (AvgIpc) is 2.91. The zero-order chi connectivity index (χ0) is 13.9. The maximum atomic E-state index is 5.77. The molecule has 0 aliphatic heterocycles. The van der Waals surface area contributed by atoms with E-state index < -0.39 is 0 Å². The van der Waals surface area contributed by atoms with Crippen LogP contribution < -0.4 is 10.1 Å². The van der Waals surface area contributed by atoms with Gasteiger partial charge in [0, 0.05) is 24.4 Å². The van der Waals surface area contributed by atoms with Gasteiger partial charge in [-0.1, -0.05) is 0 Å². The van der Waals surface area contributed by atoms with E-state index in [0.29, 0.717) is 12.5 Å². The molecule has 3 aromatic rings. The van der Waals surface area contributed by atoms with Crippen LogP contribution in [0, 0.1) is 0 Å². The Hall–Kier alpha value is -2.49. The second-order valence-corrected chi connectivity index (χ2v) is 4.41. The Morgan fingerprint density at radius 2 is 1.95 bits per heavy atom. The smallest absolute Gasteiger partial charge is 0.227 e. The molecule has 1 heterocycles. The Balaban J connectivity index is 1.98. The normalized spacial score (nSPS) is 10.7. The van der Waals surface area contributed by atoms with E-state index >= 15 is 0 Å². The van der Waals surface area contributed by atoms with Crippen molar-refractivity contribution in [3.63, 3.8) is 0 Å². The molecule has 0 saturated carbocycles. The van der Waals surface area contributed by atoms with Crippen LogP contribution >= 0.6 is 0 Å². The first kappa shape index (κ1) is 12.5. The van der Waals surface area contributed by atoms with Crippen molar-refractivity contribution >= 4 is 16.8 Å². The molecule has 4 nitrogen and oxygen atoms in total. The molecule has 3 rings (SSSR count). The van der Waals surface area contributed by atoms with Crippen LogP contribution in [-0.2, 0) is 0 Å². The van der Waals surface area contributed by atoms with Gasteiger partial charge in [0.2, 0.25) is 5.89 Å². The topological polar surface area (TPSA) is 47.3 Å². The molecule has 1 aromatic heterocycles. The van der Waals surface area contributed by atoms with E-state index in [9.17, 15) is 0 Å². The van der Waals surface area contributed by atoms with E-state index in [4.69, 9.17) is 9.15 Å². The van der Waals surface area contributed by atoms with Gasteiger partial charge in [-0.15, -0.1) is 0 Å². The van der Waals surface area contributed by atoms with Crippen LogP contribution in [0.5, 0.6) is 5.75 Å². The highest BCUT2D eigenvalue weighted by molar-refractivity contribution is 5.78. The summed E-state index contributed by atoms with van der Waals surface area (Å²) < 4.78 is 11.2. The molecule has 4 heteroatoms. The molecule has 102 valence electrons. The summed E-state index contributed by atoms with van der Waals surface area (Å²) >= 11 is 0. The van der Waals surface area contributed by atoms with Gasteiger partial charge < -0.3 is 14.5 Å². The third-order valence-electron chi connectivity index (χ3n) is 3.09. The predicted molar refractivity (Wildman–Crippen MR) is 80.2 cm³/mol. The predicted octanol–water partition coefficient (Wildman–Crippen LogP) is 3.94. The first-order valence-corrected chi connectivity index (χ1v) is 6.61. The molecular formula is C16H16N2O2. The van der Waals surface area contributed by atoms with Crippen molar-refractivity contribution in [2.24, 2.45) is 0 Å². The van der Waals surface area contributed by atoms with E-state index in [-0.39, 0.29) is 0 Å². The molecule has 0 bridgehead atoms. The fourth-order valence-corrected chi connectivity index (χ4v) is 2.07. The number of hydrogen-bond donors (Lipinski definition) is 1. The standard InChI is InChI=1S/C16H16N2O2/c1-3-19-13-8-9-15-14(10-13)18-16(20-15)11-4-6-12(17-2)7-5-11/h4-10,17H,3H2,1-2H3. The van der Waals surface area contributed by atoms with Gasteiger partial charge in [-0.25, -0.2) is 4.98 Å². The summed E-state index contributed by atoms with van der Waals surface area (Å²) in [5.41, 5.74) is 3.59. The van der Waals surface area contributed by atoms with Crippen molar-refractivity contribution in [1.82, 2.24) is 4.98 Å². The summed E-state index contributed by atoms with van der Waals surface area (Å²) in [6, 6.07) is 13.6. The summed E-state index contributed by atoms with van der Waals surface area (Å²) in [5.74, 6) is 1.43. The third-order valence-corrected chi connectivity index (χ3v) is 3.09. The van der Waals surface area contributed by atoms with Crippen LogP contribution in [0.1, 0.15) is 6.92 Å². The highest BCUT2D eigenvalue weighted by Gasteiger charge is 2.09. The van der Waals surface area contributed by atoms with Gasteiger partial charge in [0.25, 0.3) is 0 Å². The SMILES string of the molecule is CCOc1ccc2oc(-c3ccc(NC)cc3)nc2c1. The third kappa shape index (κ3) is 2.32. The lowest BCUT2D eigenvalue weighted by atomic mass is 10.2. The van der Waals surface area contributed by atoms with Gasteiger partial charge in [0.15, 0.2) is 5.58 Å². The molecule has 0 atom stereocenters. The second-order valence-electron chi connectivity index (χ2n) is 4.41. The molecular weight excluding hydrogens is 252 g/mol. The zero-order valence-corrected chi connectivity index (χ0v) is 11.5. The Bertz CT molecular complexity index is 717. The molecule has 0 radical (unpaired) electrons. The fourth-order valence-electron chi connectivity index (χ4n) is 2.07. The second kappa shape index (κ2) is 5.25. The van der Waals surface area contributed by atoms with Crippen LogP contribution in [0.2, 0.25) is 0 Å². The van der Waals surface area contributed by atoms with Crippen molar-refractivity contribution in [3.8, 4) is 17.2 Å². The minimum Gasteiger partial charge on any atom is -0.494 e. The molecule has 0 amide bonds. The highest BCUT2D eigenvalue weighted by Crippen LogP contribution is 2.27. The summed E-state index contributed by atoms with van der Waals surface area (Å²) in [5, 5.41) is 3.09. The van der Waals surface area contributed by atoms with Crippen LogP contribution in [0.3, 0.4) is 0 Å². The average molecular weight is 268 g/mol. The van der Waals surface area contributed by atoms with E-state index in [1.165, 1.54) is 0 Å². The van der Waals surface area contributed by atoms with Crippen LogP contribution in [0.4, 0.5) is 5.69 Å². The Morgan fingerprint density at radius 3 is 2.65 bits per heavy atom. The Labute approximate surface area is 117 Å². The molecule has 0 spiro atoms. The minimum absolute atomic E-state index is 0.622. The molecule has 0 saturated heterocycles. The van der Waals surface area contributed by atoms with Gasteiger partial charge in [0.1, 0.15) is 11.3 Å². The molecule has 0 fully saturated rings. The lowest BCUT2D eigenvalue weighted by molar-refractivity contribution is 0.340. The number of benzene rings is 2. The largest absolute Gasteiger partial charge is 0.494 e. The summed E-state index contributed by atoms with van der Waals surface area (Å²) in [6.07, 6.45) is 0. The molecule has 0 unspecified atom stereocenters. The van der Waals surface area contributed by atoms with Crippen molar-refractivity contribution in [2.75, 3.05) is 19.0 Å².